The molecule has 0 bridgehead atoms. The number of nitrogens with zero attached hydrogens (tertiary/aromatic N) is 2. The Balaban J connectivity index is 1.20. The van der Waals surface area contributed by atoms with Crippen LogP contribution in [0.4, 0.5) is 0 Å². The van der Waals surface area contributed by atoms with Crippen molar-refractivity contribution in [1.29, 1.82) is 0 Å². The monoisotopic (exact) mass is 399 g/mol. The Morgan fingerprint density at radius 3 is 2.38 bits per heavy atom. The number of likely N-dealkylation sites (tertiary alicyclic amines) is 2. The predicted octanol–water partition coefficient (Wildman–Crippen LogP) is 2.16. The normalized spacial score (nSPS) is 23.7. The lowest BCUT2D eigenvalue weighted by Crippen LogP contribution is -2.51. The second kappa shape index (κ2) is 9.16. The molecule has 0 unspecified atom stereocenters. The molecular formula is C23H33N3O3. The van der Waals surface area contributed by atoms with E-state index in [0.717, 1.165) is 76.7 Å². The van der Waals surface area contributed by atoms with Crippen LogP contribution in [0.5, 0.6) is 5.75 Å². The van der Waals surface area contributed by atoms with E-state index in [2.05, 4.69) is 15.1 Å². The second-order valence-electron chi connectivity index (χ2n) is 8.87. The van der Waals surface area contributed by atoms with Crippen molar-refractivity contribution in [3.8, 4) is 5.75 Å². The van der Waals surface area contributed by atoms with Gasteiger partial charge in [-0.05, 0) is 69.2 Å². The molecule has 1 aromatic carbocycles. The summed E-state index contributed by atoms with van der Waals surface area (Å²) in [4.78, 5) is 29.5. The summed E-state index contributed by atoms with van der Waals surface area (Å²) in [5, 5.41) is 12.4. The van der Waals surface area contributed by atoms with Crippen LogP contribution in [0.25, 0.3) is 0 Å². The average Bonchev–Trinajstić information content (AvgIpc) is 3.60. The van der Waals surface area contributed by atoms with E-state index in [0.29, 0.717) is 24.4 Å². The third kappa shape index (κ3) is 5.30. The third-order valence-electron chi connectivity index (χ3n) is 6.69. The van der Waals surface area contributed by atoms with Gasteiger partial charge in [-0.2, -0.15) is 0 Å². The fourth-order valence-corrected chi connectivity index (χ4v) is 4.73. The zero-order valence-corrected chi connectivity index (χ0v) is 17.2. The van der Waals surface area contributed by atoms with E-state index in [1.54, 1.807) is 12.1 Å². The van der Waals surface area contributed by atoms with Gasteiger partial charge in [0.15, 0.2) is 0 Å². The van der Waals surface area contributed by atoms with Gasteiger partial charge in [-0.1, -0.05) is 12.1 Å². The SMILES string of the molecule is O=C(NCCc1ccc(O)cc1)[C@@H]1CCCN(C2CCN(C(=O)C3CC3)CC2)C1. The molecule has 0 radical (unpaired) electrons. The molecule has 3 fully saturated rings. The molecule has 1 saturated carbocycles. The maximum Gasteiger partial charge on any atom is 0.225 e. The minimum absolute atomic E-state index is 0.0645. The summed E-state index contributed by atoms with van der Waals surface area (Å²) >= 11 is 0. The molecule has 1 atom stereocenters. The summed E-state index contributed by atoms with van der Waals surface area (Å²) in [7, 11) is 0. The Kier molecular flexibility index (Phi) is 6.38. The highest BCUT2D eigenvalue weighted by molar-refractivity contribution is 5.81. The number of hydrogen-bond donors (Lipinski definition) is 2. The van der Waals surface area contributed by atoms with E-state index in [1.807, 2.05) is 12.1 Å². The highest BCUT2D eigenvalue weighted by Gasteiger charge is 2.37. The third-order valence-corrected chi connectivity index (χ3v) is 6.69. The molecule has 3 aliphatic rings. The van der Waals surface area contributed by atoms with E-state index >= 15 is 0 Å². The predicted molar refractivity (Wildman–Crippen MR) is 111 cm³/mol. The largest absolute Gasteiger partial charge is 0.508 e. The first kappa shape index (κ1) is 20.2. The maximum absolute atomic E-state index is 12.7. The molecule has 0 spiro atoms. The van der Waals surface area contributed by atoms with Gasteiger partial charge >= 0.3 is 0 Å². The van der Waals surface area contributed by atoms with Crippen LogP contribution < -0.4 is 5.32 Å². The fraction of sp³-hybridized carbons (Fsp3) is 0.652. The second-order valence-corrected chi connectivity index (χ2v) is 8.87. The molecule has 1 aliphatic carbocycles. The Bertz CT molecular complexity index is 709. The number of carbonyl (C=O) groups is 2. The molecule has 2 amide bonds. The Morgan fingerprint density at radius 1 is 0.966 bits per heavy atom. The molecule has 29 heavy (non-hydrogen) atoms. The van der Waals surface area contributed by atoms with Crippen LogP contribution in [0.2, 0.25) is 0 Å². The first-order chi connectivity index (χ1) is 14.1. The number of amides is 2. The van der Waals surface area contributed by atoms with Crippen molar-refractivity contribution in [3.05, 3.63) is 29.8 Å². The molecule has 6 nitrogen and oxygen atoms in total. The van der Waals surface area contributed by atoms with Crippen molar-refractivity contribution < 1.29 is 14.7 Å². The van der Waals surface area contributed by atoms with E-state index < -0.39 is 0 Å². The van der Waals surface area contributed by atoms with Gasteiger partial charge in [-0.25, -0.2) is 0 Å². The number of phenolic OH excluding ortho intramolecular Hbond substituents is 1. The molecule has 2 saturated heterocycles. The average molecular weight is 400 g/mol. The smallest absolute Gasteiger partial charge is 0.225 e. The zero-order chi connectivity index (χ0) is 20.2. The molecule has 2 aliphatic heterocycles. The quantitative estimate of drug-likeness (QED) is 0.769. The van der Waals surface area contributed by atoms with Gasteiger partial charge in [-0.15, -0.1) is 0 Å². The minimum atomic E-state index is 0.0645. The van der Waals surface area contributed by atoms with Gasteiger partial charge in [0.05, 0.1) is 5.92 Å². The molecule has 158 valence electrons. The molecule has 4 rings (SSSR count). The van der Waals surface area contributed by atoms with Crippen LogP contribution in [0.3, 0.4) is 0 Å². The molecular weight excluding hydrogens is 366 g/mol. The van der Waals surface area contributed by atoms with Crippen molar-refractivity contribution in [3.63, 3.8) is 0 Å². The molecule has 2 heterocycles. The molecule has 0 aromatic heterocycles. The number of aromatic hydroxyl groups is 1. The van der Waals surface area contributed by atoms with Crippen molar-refractivity contribution >= 4 is 11.8 Å². The lowest BCUT2D eigenvalue weighted by Gasteiger charge is -2.42. The highest BCUT2D eigenvalue weighted by atomic mass is 16.3. The topological polar surface area (TPSA) is 72.9 Å². The fourth-order valence-electron chi connectivity index (χ4n) is 4.73. The van der Waals surface area contributed by atoms with Gasteiger partial charge in [0, 0.05) is 38.1 Å². The number of phenols is 1. The van der Waals surface area contributed by atoms with Gasteiger partial charge in [0.25, 0.3) is 0 Å². The number of carbonyl (C=O) groups excluding carboxylic acids is 2. The van der Waals surface area contributed by atoms with Crippen molar-refractivity contribution in [2.45, 2.75) is 51.0 Å². The van der Waals surface area contributed by atoms with E-state index in [9.17, 15) is 14.7 Å². The number of nitrogens with one attached hydrogen (secondary N) is 1. The van der Waals surface area contributed by atoms with Crippen LogP contribution in [0, 0.1) is 11.8 Å². The summed E-state index contributed by atoms with van der Waals surface area (Å²) < 4.78 is 0. The van der Waals surface area contributed by atoms with E-state index in [-0.39, 0.29) is 17.6 Å². The van der Waals surface area contributed by atoms with Crippen LogP contribution in [0.1, 0.15) is 44.1 Å². The number of hydrogen-bond acceptors (Lipinski definition) is 4. The van der Waals surface area contributed by atoms with E-state index in [4.69, 9.17) is 0 Å². The summed E-state index contributed by atoms with van der Waals surface area (Å²) in [6.45, 7) is 4.28. The van der Waals surface area contributed by atoms with Gasteiger partial charge in [0.1, 0.15) is 5.75 Å². The summed E-state index contributed by atoms with van der Waals surface area (Å²) in [5.74, 6) is 1.18. The highest BCUT2D eigenvalue weighted by Crippen LogP contribution is 2.32. The zero-order valence-electron chi connectivity index (χ0n) is 17.2. The van der Waals surface area contributed by atoms with Crippen LogP contribution in [0.15, 0.2) is 24.3 Å². The summed E-state index contributed by atoms with van der Waals surface area (Å²) in [6.07, 6.45) is 7.03. The van der Waals surface area contributed by atoms with Crippen molar-refractivity contribution in [2.75, 3.05) is 32.7 Å². The van der Waals surface area contributed by atoms with Gasteiger partial charge < -0.3 is 15.3 Å². The maximum atomic E-state index is 12.7. The Hall–Kier alpha value is -2.08. The van der Waals surface area contributed by atoms with Gasteiger partial charge in [-0.3, -0.25) is 14.5 Å². The number of benzene rings is 1. The van der Waals surface area contributed by atoms with Gasteiger partial charge in [0.2, 0.25) is 11.8 Å². The number of piperidine rings is 2. The molecule has 1 aromatic rings. The van der Waals surface area contributed by atoms with Crippen LogP contribution in [-0.4, -0.2) is 65.5 Å². The Morgan fingerprint density at radius 2 is 1.69 bits per heavy atom. The van der Waals surface area contributed by atoms with Crippen molar-refractivity contribution in [1.82, 2.24) is 15.1 Å². The van der Waals surface area contributed by atoms with Crippen molar-refractivity contribution in [2.24, 2.45) is 11.8 Å². The Labute approximate surface area is 173 Å². The lowest BCUT2D eigenvalue weighted by atomic mass is 9.93. The molecule has 2 N–H and O–H groups in total. The standard InChI is InChI=1S/C23H33N3O3/c27-21-7-3-17(4-8-21)9-12-24-22(28)19-2-1-13-26(16-19)20-10-14-25(15-11-20)23(29)18-5-6-18/h3-4,7-8,18-20,27H,1-2,5-6,9-16H2,(H,24,28)/t19-/m1/s1. The minimum Gasteiger partial charge on any atom is -0.508 e. The van der Waals surface area contributed by atoms with Crippen LogP contribution >= 0.6 is 0 Å². The first-order valence-electron chi connectivity index (χ1n) is 11.2. The lowest BCUT2D eigenvalue weighted by molar-refractivity contribution is -0.134. The first-order valence-corrected chi connectivity index (χ1v) is 11.2. The number of rotatable bonds is 6. The van der Waals surface area contributed by atoms with Crippen LogP contribution in [-0.2, 0) is 16.0 Å². The summed E-state index contributed by atoms with van der Waals surface area (Å²) in [5.41, 5.74) is 1.11. The molecule has 6 heteroatoms. The van der Waals surface area contributed by atoms with E-state index in [1.165, 1.54) is 0 Å². The summed E-state index contributed by atoms with van der Waals surface area (Å²) in [6, 6.07) is 7.65.